The molecule has 7 heteroatoms. The van der Waals surface area contributed by atoms with E-state index in [1.165, 1.54) is 0 Å². The lowest BCUT2D eigenvalue weighted by Crippen LogP contribution is -2.17. The molecular weight excluding hydrogens is 460 g/mol. The van der Waals surface area contributed by atoms with E-state index in [0.717, 1.165) is 9.13 Å². The van der Waals surface area contributed by atoms with Gasteiger partial charge in [-0.25, -0.2) is 4.68 Å². The number of nitrogens with zero attached hydrogens (tertiary/aromatic N) is 2. The van der Waals surface area contributed by atoms with Crippen molar-refractivity contribution in [1.82, 2.24) is 9.78 Å². The maximum absolute atomic E-state index is 12.5. The van der Waals surface area contributed by atoms with Gasteiger partial charge < -0.3 is 5.32 Å². The van der Waals surface area contributed by atoms with Gasteiger partial charge in [-0.3, -0.25) is 4.79 Å². The van der Waals surface area contributed by atoms with E-state index in [1.807, 2.05) is 30.3 Å². The van der Waals surface area contributed by atoms with Gasteiger partial charge in [-0.05, 0) is 46.4 Å². The second-order valence-corrected chi connectivity index (χ2v) is 6.97. The van der Waals surface area contributed by atoms with E-state index in [4.69, 9.17) is 23.2 Å². The van der Waals surface area contributed by atoms with E-state index in [1.54, 1.807) is 29.1 Å². The summed E-state index contributed by atoms with van der Waals surface area (Å²) in [6, 6.07) is 14.6. The topological polar surface area (TPSA) is 46.9 Å². The Hall–Kier alpha value is -1.57. The van der Waals surface area contributed by atoms with Gasteiger partial charge in [0, 0.05) is 9.64 Å². The lowest BCUT2D eigenvalue weighted by molar-refractivity contribution is 0.102. The van der Waals surface area contributed by atoms with Gasteiger partial charge in [-0.2, -0.15) is 5.10 Å². The number of hydrogen-bond acceptors (Lipinski definition) is 2. The van der Waals surface area contributed by atoms with E-state index in [0.29, 0.717) is 28.0 Å². The molecule has 0 bridgehead atoms. The summed E-state index contributed by atoms with van der Waals surface area (Å²) < 4.78 is 2.56. The van der Waals surface area contributed by atoms with Crippen LogP contribution in [0.5, 0.6) is 0 Å². The molecule has 1 amide bonds. The molecule has 0 aliphatic carbocycles. The van der Waals surface area contributed by atoms with Gasteiger partial charge in [0.15, 0.2) is 0 Å². The zero-order chi connectivity index (χ0) is 17.1. The standard InChI is InChI=1S/C17H12Cl2IN3O/c18-13-6-3-4-11(16(13)19)10-23-15(8-9-21-23)22-17(24)12-5-1-2-7-14(12)20/h1-9H,10H2,(H,22,24). The second kappa shape index (κ2) is 7.55. The molecule has 4 nitrogen and oxygen atoms in total. The predicted octanol–water partition coefficient (Wildman–Crippen LogP) is 5.10. The third kappa shape index (κ3) is 3.74. The van der Waals surface area contributed by atoms with Crippen LogP contribution >= 0.6 is 45.8 Å². The Kier molecular flexibility index (Phi) is 5.43. The quantitative estimate of drug-likeness (QED) is 0.538. The summed E-state index contributed by atoms with van der Waals surface area (Å²) >= 11 is 14.4. The minimum Gasteiger partial charge on any atom is -0.307 e. The summed E-state index contributed by atoms with van der Waals surface area (Å²) in [7, 11) is 0. The first kappa shape index (κ1) is 17.3. The van der Waals surface area contributed by atoms with Crippen molar-refractivity contribution < 1.29 is 4.79 Å². The summed E-state index contributed by atoms with van der Waals surface area (Å²) in [6.45, 7) is 0.411. The highest BCUT2D eigenvalue weighted by atomic mass is 127. The Bertz CT molecular complexity index is 895. The lowest BCUT2D eigenvalue weighted by atomic mass is 10.2. The third-order valence-electron chi connectivity index (χ3n) is 3.43. The van der Waals surface area contributed by atoms with Crippen LogP contribution in [-0.4, -0.2) is 15.7 Å². The van der Waals surface area contributed by atoms with Gasteiger partial charge in [-0.1, -0.05) is 47.5 Å². The van der Waals surface area contributed by atoms with Crippen LogP contribution in [0.1, 0.15) is 15.9 Å². The molecule has 0 saturated carbocycles. The minimum absolute atomic E-state index is 0.182. The number of hydrogen-bond donors (Lipinski definition) is 1. The van der Waals surface area contributed by atoms with Crippen LogP contribution in [-0.2, 0) is 6.54 Å². The number of carbonyl (C=O) groups excluding carboxylic acids is 1. The van der Waals surface area contributed by atoms with Crippen molar-refractivity contribution in [2.75, 3.05) is 5.32 Å². The molecule has 0 spiro atoms. The van der Waals surface area contributed by atoms with E-state index >= 15 is 0 Å². The van der Waals surface area contributed by atoms with Crippen LogP contribution in [0.4, 0.5) is 5.82 Å². The number of benzene rings is 2. The number of anilines is 1. The van der Waals surface area contributed by atoms with E-state index < -0.39 is 0 Å². The van der Waals surface area contributed by atoms with Crippen LogP contribution in [0.15, 0.2) is 54.7 Å². The van der Waals surface area contributed by atoms with Gasteiger partial charge in [0.1, 0.15) is 5.82 Å². The van der Waals surface area contributed by atoms with Crippen molar-refractivity contribution in [2.45, 2.75) is 6.54 Å². The first-order valence-electron chi connectivity index (χ1n) is 7.07. The summed E-state index contributed by atoms with van der Waals surface area (Å²) in [5.41, 5.74) is 1.45. The van der Waals surface area contributed by atoms with Gasteiger partial charge >= 0.3 is 0 Å². The molecule has 2 aromatic carbocycles. The average Bonchev–Trinajstić information content (AvgIpc) is 2.99. The molecule has 0 unspecified atom stereocenters. The molecule has 1 N–H and O–H groups in total. The molecule has 0 aliphatic rings. The van der Waals surface area contributed by atoms with Crippen molar-refractivity contribution in [2.24, 2.45) is 0 Å². The molecule has 1 heterocycles. The van der Waals surface area contributed by atoms with Crippen molar-refractivity contribution in [3.63, 3.8) is 0 Å². The molecule has 3 rings (SSSR count). The van der Waals surface area contributed by atoms with E-state index in [2.05, 4.69) is 33.0 Å². The van der Waals surface area contributed by atoms with Crippen molar-refractivity contribution in [1.29, 1.82) is 0 Å². The fourth-order valence-electron chi connectivity index (χ4n) is 2.23. The van der Waals surface area contributed by atoms with E-state index in [9.17, 15) is 4.79 Å². The molecule has 24 heavy (non-hydrogen) atoms. The Morgan fingerprint density at radius 1 is 1.12 bits per heavy atom. The van der Waals surface area contributed by atoms with Crippen molar-refractivity contribution in [3.05, 3.63) is 79.5 Å². The van der Waals surface area contributed by atoms with Crippen molar-refractivity contribution in [3.8, 4) is 0 Å². The van der Waals surface area contributed by atoms with Crippen LogP contribution in [0.25, 0.3) is 0 Å². The van der Waals surface area contributed by atoms with Crippen LogP contribution in [0.3, 0.4) is 0 Å². The van der Waals surface area contributed by atoms with Crippen LogP contribution in [0.2, 0.25) is 10.0 Å². The maximum atomic E-state index is 12.5. The zero-order valence-corrected chi connectivity index (χ0v) is 16.0. The largest absolute Gasteiger partial charge is 0.307 e. The highest BCUT2D eigenvalue weighted by molar-refractivity contribution is 14.1. The molecule has 3 aromatic rings. The number of carbonyl (C=O) groups is 1. The molecular formula is C17H12Cl2IN3O. The fraction of sp³-hybridized carbons (Fsp3) is 0.0588. The van der Waals surface area contributed by atoms with Gasteiger partial charge in [0.05, 0.1) is 28.4 Å². The first-order chi connectivity index (χ1) is 11.6. The van der Waals surface area contributed by atoms with Gasteiger partial charge in [0.25, 0.3) is 5.91 Å². The SMILES string of the molecule is O=C(Nc1ccnn1Cc1cccc(Cl)c1Cl)c1ccccc1I. The Morgan fingerprint density at radius 2 is 1.92 bits per heavy atom. The maximum Gasteiger partial charge on any atom is 0.257 e. The van der Waals surface area contributed by atoms with Crippen molar-refractivity contribution >= 4 is 57.5 Å². The van der Waals surface area contributed by atoms with Crippen LogP contribution in [0, 0.1) is 3.57 Å². The smallest absolute Gasteiger partial charge is 0.257 e. The molecule has 0 radical (unpaired) electrons. The molecule has 122 valence electrons. The van der Waals surface area contributed by atoms with Crippen LogP contribution < -0.4 is 5.32 Å². The molecule has 0 aliphatic heterocycles. The summed E-state index contributed by atoms with van der Waals surface area (Å²) in [5, 5.41) is 8.11. The summed E-state index contributed by atoms with van der Waals surface area (Å²) in [5.74, 6) is 0.412. The molecule has 0 atom stereocenters. The third-order valence-corrected chi connectivity index (χ3v) is 5.23. The fourth-order valence-corrected chi connectivity index (χ4v) is 3.24. The lowest BCUT2D eigenvalue weighted by Gasteiger charge is -2.11. The average molecular weight is 472 g/mol. The Balaban J connectivity index is 1.82. The number of aromatic nitrogens is 2. The number of halogens is 3. The number of rotatable bonds is 4. The zero-order valence-electron chi connectivity index (χ0n) is 12.3. The Labute approximate surface area is 162 Å². The van der Waals surface area contributed by atoms with E-state index in [-0.39, 0.29) is 5.91 Å². The second-order valence-electron chi connectivity index (χ2n) is 5.02. The number of nitrogens with one attached hydrogen (secondary N) is 1. The minimum atomic E-state index is -0.182. The molecule has 1 aromatic heterocycles. The number of amides is 1. The highest BCUT2D eigenvalue weighted by Crippen LogP contribution is 2.26. The molecule has 0 fully saturated rings. The monoisotopic (exact) mass is 471 g/mol. The predicted molar refractivity (Wildman–Crippen MR) is 105 cm³/mol. The first-order valence-corrected chi connectivity index (χ1v) is 8.90. The molecule has 0 saturated heterocycles. The normalized spacial score (nSPS) is 10.6. The Morgan fingerprint density at radius 3 is 2.71 bits per heavy atom. The summed E-state index contributed by atoms with van der Waals surface area (Å²) in [6.07, 6.45) is 1.63. The van der Waals surface area contributed by atoms with Gasteiger partial charge in [-0.15, -0.1) is 0 Å². The van der Waals surface area contributed by atoms with Gasteiger partial charge in [0.2, 0.25) is 0 Å². The summed E-state index contributed by atoms with van der Waals surface area (Å²) in [4.78, 5) is 12.5. The highest BCUT2D eigenvalue weighted by Gasteiger charge is 2.13.